The molecule has 0 saturated heterocycles. The lowest BCUT2D eigenvalue weighted by molar-refractivity contribution is -0.151. The summed E-state index contributed by atoms with van der Waals surface area (Å²) in [6, 6.07) is 9.58. The molecule has 0 aromatic heterocycles. The quantitative estimate of drug-likeness (QED) is 0.621. The molecule has 0 aliphatic rings. The lowest BCUT2D eigenvalue weighted by Crippen LogP contribution is -2.25. The van der Waals surface area contributed by atoms with Gasteiger partial charge in [0, 0.05) is 0 Å². The monoisotopic (exact) mass is 268 g/mol. The summed E-state index contributed by atoms with van der Waals surface area (Å²) in [6.45, 7) is 7.16. The van der Waals surface area contributed by atoms with E-state index >= 15 is 0 Å². The molecule has 0 atom stereocenters. The summed E-state index contributed by atoms with van der Waals surface area (Å²) < 4.78 is 5.53. The number of hydrogen-bond acceptors (Lipinski definition) is 2. The Morgan fingerprint density at radius 1 is 1.33 bits per heavy atom. The van der Waals surface area contributed by atoms with Gasteiger partial charge in [-0.15, -0.1) is 0 Å². The van der Waals surface area contributed by atoms with Crippen molar-refractivity contribution in [1.29, 1.82) is 0 Å². The fraction of sp³-hybridized carbons (Fsp3) is 0.250. The van der Waals surface area contributed by atoms with E-state index in [4.69, 9.17) is 4.74 Å². The van der Waals surface area contributed by atoms with Crippen molar-refractivity contribution in [3.63, 3.8) is 0 Å². The van der Waals surface area contributed by atoms with Gasteiger partial charge in [-0.3, -0.25) is 0 Å². The first kappa shape index (κ1) is 12.0. The molecule has 80 valence electrons. The molecule has 0 aliphatic heterocycles. The van der Waals surface area contributed by atoms with Gasteiger partial charge in [-0.1, -0.05) is 36.9 Å². The Bertz CT molecular complexity index is 368. The van der Waals surface area contributed by atoms with Crippen molar-refractivity contribution < 1.29 is 9.53 Å². The molecule has 0 N–H and O–H groups in total. The van der Waals surface area contributed by atoms with E-state index in [2.05, 4.69) is 22.5 Å². The first-order chi connectivity index (χ1) is 6.93. The van der Waals surface area contributed by atoms with E-state index in [1.165, 1.54) is 0 Å². The minimum atomic E-state index is -0.644. The Balaban J connectivity index is 2.85. The molecule has 1 aromatic carbocycles. The zero-order valence-corrected chi connectivity index (χ0v) is 10.4. The van der Waals surface area contributed by atoms with E-state index in [-0.39, 0.29) is 4.48 Å². The van der Waals surface area contributed by atoms with Crippen LogP contribution in [0.5, 0.6) is 0 Å². The van der Waals surface area contributed by atoms with Crippen LogP contribution in [0.25, 0.3) is 0 Å². The lowest BCUT2D eigenvalue weighted by Gasteiger charge is -2.25. The minimum absolute atomic E-state index is 0.228. The second kappa shape index (κ2) is 4.62. The zero-order chi connectivity index (χ0) is 11.5. The highest BCUT2D eigenvalue weighted by Crippen LogP contribution is 2.25. The van der Waals surface area contributed by atoms with E-state index in [9.17, 15) is 4.79 Å². The highest BCUT2D eigenvalue weighted by Gasteiger charge is 2.25. The number of hydrogen-bond donors (Lipinski definition) is 0. The third-order valence-corrected chi connectivity index (χ3v) is 2.36. The molecular weight excluding hydrogens is 256 g/mol. The normalized spacial score (nSPS) is 10.9. The predicted molar refractivity (Wildman–Crippen MR) is 63.6 cm³/mol. The molecule has 1 aromatic rings. The molecule has 2 nitrogen and oxygen atoms in total. The van der Waals surface area contributed by atoms with Gasteiger partial charge in [0.1, 0.15) is 5.60 Å². The number of carbonyl (C=O) groups is 1. The SMILES string of the molecule is C=C(Br)C(=O)OC(C)(C)c1ccccc1. The van der Waals surface area contributed by atoms with Gasteiger partial charge in [-0.25, -0.2) is 4.79 Å². The van der Waals surface area contributed by atoms with Crippen molar-refractivity contribution in [1.82, 2.24) is 0 Å². The Labute approximate surface area is 98.1 Å². The molecule has 0 bridgehead atoms. The average molecular weight is 269 g/mol. The number of carbonyl (C=O) groups excluding carboxylic acids is 1. The van der Waals surface area contributed by atoms with Crippen LogP contribution in [0.1, 0.15) is 19.4 Å². The summed E-state index contributed by atoms with van der Waals surface area (Å²) in [5, 5.41) is 0. The van der Waals surface area contributed by atoms with Gasteiger partial charge in [0.15, 0.2) is 0 Å². The van der Waals surface area contributed by atoms with Gasteiger partial charge < -0.3 is 4.74 Å². The molecule has 15 heavy (non-hydrogen) atoms. The van der Waals surface area contributed by atoms with Crippen molar-refractivity contribution in [2.75, 3.05) is 0 Å². The first-order valence-electron chi connectivity index (χ1n) is 4.57. The summed E-state index contributed by atoms with van der Waals surface area (Å²) in [5.41, 5.74) is 0.307. The maximum atomic E-state index is 11.4. The lowest BCUT2D eigenvalue weighted by atomic mass is 9.98. The van der Waals surface area contributed by atoms with Crippen LogP contribution in [0.2, 0.25) is 0 Å². The highest BCUT2D eigenvalue weighted by atomic mass is 79.9. The highest BCUT2D eigenvalue weighted by molar-refractivity contribution is 9.12. The second-order valence-corrected chi connectivity index (χ2v) is 4.63. The summed E-state index contributed by atoms with van der Waals surface area (Å²) in [4.78, 5) is 11.4. The van der Waals surface area contributed by atoms with E-state index in [0.717, 1.165) is 5.56 Å². The summed E-state index contributed by atoms with van der Waals surface area (Å²) in [5.74, 6) is -0.441. The van der Waals surface area contributed by atoms with Gasteiger partial charge in [0.25, 0.3) is 0 Å². The first-order valence-corrected chi connectivity index (χ1v) is 5.36. The molecule has 0 amide bonds. The van der Waals surface area contributed by atoms with Crippen LogP contribution in [0.15, 0.2) is 41.4 Å². The predicted octanol–water partition coefficient (Wildman–Crippen LogP) is 3.37. The van der Waals surface area contributed by atoms with Crippen LogP contribution < -0.4 is 0 Å². The van der Waals surface area contributed by atoms with Crippen molar-refractivity contribution in [2.24, 2.45) is 0 Å². The maximum absolute atomic E-state index is 11.4. The van der Waals surface area contributed by atoms with E-state index < -0.39 is 11.6 Å². The third kappa shape index (κ3) is 3.20. The molecule has 0 unspecified atom stereocenters. The Kier molecular flexibility index (Phi) is 3.69. The molecule has 0 radical (unpaired) electrons. The Morgan fingerprint density at radius 2 is 1.87 bits per heavy atom. The average Bonchev–Trinajstić information content (AvgIpc) is 2.18. The smallest absolute Gasteiger partial charge is 0.345 e. The van der Waals surface area contributed by atoms with Gasteiger partial charge in [-0.05, 0) is 35.3 Å². The van der Waals surface area contributed by atoms with Crippen molar-refractivity contribution in [2.45, 2.75) is 19.4 Å². The molecule has 3 heteroatoms. The minimum Gasteiger partial charge on any atom is -0.451 e. The second-order valence-electron chi connectivity index (χ2n) is 3.67. The van der Waals surface area contributed by atoms with Gasteiger partial charge in [-0.2, -0.15) is 0 Å². The molecule has 0 spiro atoms. The number of ether oxygens (including phenoxy) is 1. The summed E-state index contributed by atoms with van der Waals surface area (Å²) >= 11 is 3.00. The van der Waals surface area contributed by atoms with Crippen molar-refractivity contribution >= 4 is 21.9 Å². The fourth-order valence-electron chi connectivity index (χ4n) is 1.19. The van der Waals surface area contributed by atoms with Crippen LogP contribution in [0.3, 0.4) is 0 Å². The van der Waals surface area contributed by atoms with Crippen LogP contribution in [0, 0.1) is 0 Å². The number of rotatable bonds is 3. The molecule has 0 aliphatic carbocycles. The summed E-state index contributed by atoms with van der Waals surface area (Å²) in [6.07, 6.45) is 0. The maximum Gasteiger partial charge on any atom is 0.345 e. The van der Waals surface area contributed by atoms with E-state index in [0.29, 0.717) is 0 Å². The molecule has 0 heterocycles. The molecular formula is C12H13BrO2. The molecule has 0 fully saturated rings. The van der Waals surface area contributed by atoms with Crippen LogP contribution in [0.4, 0.5) is 0 Å². The van der Waals surface area contributed by atoms with Crippen LogP contribution in [-0.4, -0.2) is 5.97 Å². The third-order valence-electron chi connectivity index (χ3n) is 2.04. The Hall–Kier alpha value is -1.09. The number of esters is 1. The Morgan fingerprint density at radius 3 is 2.33 bits per heavy atom. The fourth-order valence-corrected chi connectivity index (χ4v) is 1.27. The summed E-state index contributed by atoms with van der Waals surface area (Å²) in [7, 11) is 0. The van der Waals surface area contributed by atoms with Gasteiger partial charge in [0.2, 0.25) is 0 Å². The van der Waals surface area contributed by atoms with Crippen LogP contribution >= 0.6 is 15.9 Å². The van der Waals surface area contributed by atoms with Crippen LogP contribution in [-0.2, 0) is 15.1 Å². The standard InChI is InChI=1S/C12H13BrO2/c1-9(13)11(14)15-12(2,3)10-7-5-4-6-8-10/h4-8H,1H2,2-3H3. The number of halogens is 1. The van der Waals surface area contributed by atoms with Crippen molar-refractivity contribution in [3.05, 3.63) is 47.0 Å². The molecule has 0 saturated carbocycles. The molecule has 1 rings (SSSR count). The number of benzene rings is 1. The van der Waals surface area contributed by atoms with E-state index in [1.807, 2.05) is 44.2 Å². The van der Waals surface area contributed by atoms with Gasteiger partial charge >= 0.3 is 5.97 Å². The largest absolute Gasteiger partial charge is 0.451 e. The van der Waals surface area contributed by atoms with Gasteiger partial charge in [0.05, 0.1) is 4.48 Å². The zero-order valence-electron chi connectivity index (χ0n) is 8.79. The van der Waals surface area contributed by atoms with E-state index in [1.54, 1.807) is 0 Å². The topological polar surface area (TPSA) is 26.3 Å². The van der Waals surface area contributed by atoms with Crippen molar-refractivity contribution in [3.8, 4) is 0 Å².